The molecule has 2 heterocycles. The van der Waals surface area contributed by atoms with Gasteiger partial charge in [0.1, 0.15) is 11.5 Å². The summed E-state index contributed by atoms with van der Waals surface area (Å²) in [6.45, 7) is 1.08. The number of nitrogens with zero attached hydrogens (tertiary/aromatic N) is 3. The van der Waals surface area contributed by atoms with Crippen LogP contribution >= 0.6 is 0 Å². The lowest BCUT2D eigenvalue weighted by Gasteiger charge is -2.27. The Morgan fingerprint density at radius 3 is 2.73 bits per heavy atom. The van der Waals surface area contributed by atoms with Gasteiger partial charge in [-0.25, -0.2) is 0 Å². The lowest BCUT2D eigenvalue weighted by molar-refractivity contribution is -0.385. The minimum atomic E-state index is -0.498. The van der Waals surface area contributed by atoms with Gasteiger partial charge in [-0.15, -0.1) is 0 Å². The molecule has 8 nitrogen and oxygen atoms in total. The van der Waals surface area contributed by atoms with Crippen LogP contribution in [-0.2, 0) is 6.67 Å². The average molecular weight is 359 g/mol. The Morgan fingerprint density at radius 2 is 2.04 bits per heavy atom. The number of ether oxygens (including phenoxy) is 2. The minimum absolute atomic E-state index is 0.0474. The monoisotopic (exact) mass is 359 g/mol. The topological polar surface area (TPSA) is 86.8 Å². The number of hydrogen-bond acceptors (Lipinski definition) is 6. The van der Waals surface area contributed by atoms with E-state index in [0.29, 0.717) is 0 Å². The van der Waals surface area contributed by atoms with E-state index in [2.05, 4.69) is 4.90 Å². The molecule has 0 spiro atoms. The second kappa shape index (κ2) is 7.57. The fraction of sp³-hybridized carbons (Fsp3) is 0.389. The van der Waals surface area contributed by atoms with Crippen molar-refractivity contribution < 1.29 is 14.4 Å². The summed E-state index contributed by atoms with van der Waals surface area (Å²) in [5.74, 6) is 1.49. The number of hydrogen-bond donors (Lipinski definition) is 0. The van der Waals surface area contributed by atoms with Gasteiger partial charge in [-0.3, -0.25) is 24.4 Å². The van der Waals surface area contributed by atoms with Crippen molar-refractivity contribution in [2.45, 2.75) is 25.6 Å². The summed E-state index contributed by atoms with van der Waals surface area (Å²) < 4.78 is 12.2. The highest BCUT2D eigenvalue weighted by Gasteiger charge is 2.29. The Balaban J connectivity index is 1.91. The lowest BCUT2D eigenvalue weighted by Crippen LogP contribution is -2.31. The highest BCUT2D eigenvalue weighted by Crippen LogP contribution is 2.39. The van der Waals surface area contributed by atoms with E-state index < -0.39 is 4.92 Å². The average Bonchev–Trinajstić information content (AvgIpc) is 3.10. The van der Waals surface area contributed by atoms with Crippen molar-refractivity contribution in [3.63, 3.8) is 0 Å². The fourth-order valence-corrected chi connectivity index (χ4v) is 3.38. The van der Waals surface area contributed by atoms with Gasteiger partial charge in [-0.1, -0.05) is 0 Å². The van der Waals surface area contributed by atoms with Crippen LogP contribution in [0, 0.1) is 10.1 Å². The first-order valence-corrected chi connectivity index (χ1v) is 8.34. The highest BCUT2D eigenvalue weighted by molar-refractivity contribution is 5.42. The molecule has 1 aromatic heterocycles. The Kier molecular flexibility index (Phi) is 5.22. The highest BCUT2D eigenvalue weighted by atomic mass is 16.6. The zero-order valence-electron chi connectivity index (χ0n) is 14.8. The first-order chi connectivity index (χ1) is 12.5. The molecule has 0 unspecified atom stereocenters. The minimum Gasteiger partial charge on any atom is -0.497 e. The van der Waals surface area contributed by atoms with E-state index in [1.807, 2.05) is 18.2 Å². The van der Waals surface area contributed by atoms with E-state index in [9.17, 15) is 14.9 Å². The number of nitro groups is 1. The third-order valence-corrected chi connectivity index (χ3v) is 4.67. The maximum Gasteiger partial charge on any atom is 0.285 e. The van der Waals surface area contributed by atoms with E-state index >= 15 is 0 Å². The molecule has 1 fully saturated rings. The first-order valence-electron chi connectivity index (χ1n) is 8.34. The van der Waals surface area contributed by atoms with Crippen molar-refractivity contribution in [3.05, 3.63) is 62.6 Å². The Bertz CT molecular complexity index is 864. The molecule has 26 heavy (non-hydrogen) atoms. The Labute approximate surface area is 150 Å². The molecule has 8 heteroatoms. The van der Waals surface area contributed by atoms with Crippen LogP contribution in [-0.4, -0.2) is 35.2 Å². The molecule has 0 aliphatic carbocycles. The van der Waals surface area contributed by atoms with Crippen LogP contribution in [0.15, 0.2) is 41.3 Å². The molecule has 1 aliphatic heterocycles. The number of likely N-dealkylation sites (tertiary alicyclic amines) is 1. The van der Waals surface area contributed by atoms with Gasteiger partial charge < -0.3 is 9.47 Å². The van der Waals surface area contributed by atoms with Crippen LogP contribution in [0.5, 0.6) is 11.5 Å². The van der Waals surface area contributed by atoms with E-state index in [1.54, 1.807) is 14.2 Å². The van der Waals surface area contributed by atoms with Crippen LogP contribution in [0.1, 0.15) is 24.4 Å². The summed E-state index contributed by atoms with van der Waals surface area (Å²) in [7, 11) is 3.23. The van der Waals surface area contributed by atoms with Crippen LogP contribution in [0.2, 0.25) is 0 Å². The van der Waals surface area contributed by atoms with Crippen molar-refractivity contribution in [1.82, 2.24) is 9.47 Å². The van der Waals surface area contributed by atoms with Crippen LogP contribution in [0.3, 0.4) is 0 Å². The molecule has 1 aromatic carbocycles. The van der Waals surface area contributed by atoms with Crippen molar-refractivity contribution >= 4 is 5.69 Å². The second-order valence-electron chi connectivity index (χ2n) is 6.17. The zero-order chi connectivity index (χ0) is 18.7. The molecule has 1 aliphatic rings. The number of rotatable bonds is 6. The summed E-state index contributed by atoms with van der Waals surface area (Å²) in [4.78, 5) is 24.7. The van der Waals surface area contributed by atoms with Gasteiger partial charge in [0.25, 0.3) is 11.2 Å². The predicted molar refractivity (Wildman–Crippen MR) is 95.6 cm³/mol. The molecule has 0 saturated carbocycles. The lowest BCUT2D eigenvalue weighted by atomic mass is 10.0. The van der Waals surface area contributed by atoms with Gasteiger partial charge in [0.2, 0.25) is 0 Å². The smallest absolute Gasteiger partial charge is 0.285 e. The number of benzene rings is 1. The van der Waals surface area contributed by atoms with Crippen molar-refractivity contribution in [2.75, 3.05) is 20.8 Å². The molecular weight excluding hydrogens is 338 g/mol. The number of methoxy groups -OCH3 is 2. The van der Waals surface area contributed by atoms with E-state index in [4.69, 9.17) is 9.47 Å². The fourth-order valence-electron chi connectivity index (χ4n) is 3.38. The maximum absolute atomic E-state index is 12.1. The third kappa shape index (κ3) is 3.55. The number of pyridine rings is 1. The molecule has 0 radical (unpaired) electrons. The van der Waals surface area contributed by atoms with Crippen molar-refractivity contribution in [1.29, 1.82) is 0 Å². The summed E-state index contributed by atoms with van der Waals surface area (Å²) in [5, 5.41) is 11.0. The van der Waals surface area contributed by atoms with E-state index in [0.717, 1.165) is 36.4 Å². The standard InChI is InChI=1S/C18H21N3O5/c1-25-14-6-7-17(26-2)15(10-14)16-4-3-9-19(16)12-20-11-13(21(23)24)5-8-18(20)22/h5-8,10-11,16H,3-4,9,12H2,1-2H3/t16-/m1/s1. The normalized spacial score (nSPS) is 17.2. The van der Waals surface area contributed by atoms with Gasteiger partial charge in [-0.2, -0.15) is 0 Å². The van der Waals surface area contributed by atoms with Crippen LogP contribution in [0.25, 0.3) is 0 Å². The first kappa shape index (κ1) is 17.9. The van der Waals surface area contributed by atoms with Crippen molar-refractivity contribution in [2.24, 2.45) is 0 Å². The molecule has 138 valence electrons. The SMILES string of the molecule is COc1ccc(OC)c([C@H]2CCCN2Cn2cc([N+](=O)[O-])ccc2=O)c1. The summed E-state index contributed by atoms with van der Waals surface area (Å²) in [5.41, 5.74) is 0.626. The predicted octanol–water partition coefficient (Wildman–Crippen LogP) is 2.57. The van der Waals surface area contributed by atoms with E-state index in [1.165, 1.54) is 22.9 Å². The van der Waals surface area contributed by atoms with Gasteiger partial charge >= 0.3 is 0 Å². The van der Waals surface area contributed by atoms with Crippen LogP contribution < -0.4 is 15.0 Å². The molecule has 1 atom stereocenters. The second-order valence-corrected chi connectivity index (χ2v) is 6.17. The summed E-state index contributed by atoms with van der Waals surface area (Å²) >= 11 is 0. The van der Waals surface area contributed by atoms with Gasteiger partial charge in [0.05, 0.1) is 32.0 Å². The molecule has 0 bridgehead atoms. The van der Waals surface area contributed by atoms with Crippen molar-refractivity contribution in [3.8, 4) is 11.5 Å². The zero-order valence-corrected chi connectivity index (χ0v) is 14.8. The Hall–Kier alpha value is -2.87. The quantitative estimate of drug-likeness (QED) is 0.582. The van der Waals surface area contributed by atoms with Crippen LogP contribution in [0.4, 0.5) is 5.69 Å². The molecule has 2 aromatic rings. The Morgan fingerprint density at radius 1 is 1.23 bits per heavy atom. The molecule has 3 rings (SSSR count). The third-order valence-electron chi connectivity index (χ3n) is 4.67. The summed E-state index contributed by atoms with van der Waals surface area (Å²) in [6.07, 6.45) is 3.17. The van der Waals surface area contributed by atoms with Gasteiger partial charge in [0.15, 0.2) is 0 Å². The summed E-state index contributed by atoms with van der Waals surface area (Å²) in [6, 6.07) is 8.15. The van der Waals surface area contributed by atoms with Gasteiger partial charge in [0, 0.05) is 30.3 Å². The maximum atomic E-state index is 12.1. The van der Waals surface area contributed by atoms with E-state index in [-0.39, 0.29) is 24.0 Å². The van der Waals surface area contributed by atoms with Gasteiger partial charge in [-0.05, 0) is 31.0 Å². The largest absolute Gasteiger partial charge is 0.497 e. The number of aromatic nitrogens is 1. The molecule has 1 saturated heterocycles. The molecular formula is C18H21N3O5. The molecule has 0 amide bonds. The molecule has 0 N–H and O–H groups in total.